The van der Waals surface area contributed by atoms with E-state index in [4.69, 9.17) is 19.4 Å². The van der Waals surface area contributed by atoms with E-state index in [9.17, 15) is 18.0 Å². The smallest absolute Gasteiger partial charge is 0.475 e. The first-order valence-electron chi connectivity index (χ1n) is 10.4. The molecule has 32 heavy (non-hydrogen) atoms. The number of carbonyl (C=O) groups is 2. The quantitative estimate of drug-likeness (QED) is 0.714. The van der Waals surface area contributed by atoms with Crippen molar-refractivity contribution in [1.82, 2.24) is 9.88 Å². The summed E-state index contributed by atoms with van der Waals surface area (Å²) < 4.78 is 43.5. The number of carboxylic acid groups (broad SMARTS) is 1. The predicted molar refractivity (Wildman–Crippen MR) is 112 cm³/mol. The van der Waals surface area contributed by atoms with E-state index in [1.165, 1.54) is 0 Å². The molecule has 0 aromatic carbocycles. The number of nitrogens with zero attached hydrogens (tertiary/aromatic N) is 2. The van der Waals surface area contributed by atoms with Crippen LogP contribution in [0.15, 0.2) is 18.3 Å². The van der Waals surface area contributed by atoms with Gasteiger partial charge in [0.15, 0.2) is 0 Å². The van der Waals surface area contributed by atoms with Crippen molar-refractivity contribution in [2.45, 2.75) is 43.2 Å². The standard InChI is InChI=1S/C19H26N2O3S.C2HF3O2/c1-14-2-3-16(9-20-14)18(22)21-12-19(13-21)8-17(11-25-19)24-10-15-4-6-23-7-5-15;3-2(4,5)1(6)7/h2-3,9,15,17H,4-8,10-13H2,1H3;(H,6,7). The van der Waals surface area contributed by atoms with Gasteiger partial charge in [-0.05, 0) is 44.2 Å². The van der Waals surface area contributed by atoms with Crippen molar-refractivity contribution in [3.8, 4) is 0 Å². The Balaban J connectivity index is 0.000000360. The molecule has 3 saturated heterocycles. The van der Waals surface area contributed by atoms with Crippen LogP contribution in [-0.4, -0.2) is 82.6 Å². The maximum Gasteiger partial charge on any atom is 0.490 e. The van der Waals surface area contributed by atoms with E-state index >= 15 is 0 Å². The number of aliphatic carboxylic acids is 1. The molecule has 1 atom stereocenters. The maximum atomic E-state index is 12.5. The highest BCUT2D eigenvalue weighted by molar-refractivity contribution is 8.01. The van der Waals surface area contributed by atoms with Crippen LogP contribution in [-0.2, 0) is 14.3 Å². The lowest BCUT2D eigenvalue weighted by molar-refractivity contribution is -0.192. The van der Waals surface area contributed by atoms with Crippen LogP contribution in [0.25, 0.3) is 0 Å². The number of thioether (sulfide) groups is 1. The Bertz CT molecular complexity index is 794. The van der Waals surface area contributed by atoms with Crippen molar-refractivity contribution in [2.24, 2.45) is 5.92 Å². The number of carbonyl (C=O) groups excluding carboxylic acids is 1. The normalized spacial score (nSPS) is 22.8. The number of amides is 1. The Labute approximate surface area is 188 Å². The molecule has 11 heteroatoms. The average Bonchev–Trinajstić information content (AvgIpc) is 3.17. The van der Waals surface area contributed by atoms with E-state index in [0.717, 1.165) is 63.6 Å². The molecule has 0 bridgehead atoms. The molecular formula is C21H27F3N2O5S. The summed E-state index contributed by atoms with van der Waals surface area (Å²) in [6.45, 7) is 6.22. The molecule has 3 aliphatic heterocycles. The van der Waals surface area contributed by atoms with Gasteiger partial charge in [-0.1, -0.05) is 0 Å². The number of aromatic nitrogens is 1. The van der Waals surface area contributed by atoms with Gasteiger partial charge in [0.2, 0.25) is 0 Å². The van der Waals surface area contributed by atoms with Gasteiger partial charge in [0, 0.05) is 50.6 Å². The van der Waals surface area contributed by atoms with Gasteiger partial charge in [-0.25, -0.2) is 4.79 Å². The van der Waals surface area contributed by atoms with Crippen LogP contribution in [0, 0.1) is 12.8 Å². The number of carboxylic acids is 1. The lowest BCUT2D eigenvalue weighted by Gasteiger charge is -2.47. The van der Waals surface area contributed by atoms with Crippen LogP contribution >= 0.6 is 11.8 Å². The molecule has 1 spiro atoms. The van der Waals surface area contributed by atoms with Crippen molar-refractivity contribution in [3.63, 3.8) is 0 Å². The summed E-state index contributed by atoms with van der Waals surface area (Å²) in [6, 6.07) is 3.77. The molecule has 0 saturated carbocycles. The summed E-state index contributed by atoms with van der Waals surface area (Å²) in [5.74, 6) is -0.946. The second kappa shape index (κ2) is 10.4. The highest BCUT2D eigenvalue weighted by atomic mass is 32.2. The lowest BCUT2D eigenvalue weighted by atomic mass is 9.92. The molecule has 178 valence electrons. The summed E-state index contributed by atoms with van der Waals surface area (Å²) in [5, 5.41) is 7.12. The van der Waals surface area contributed by atoms with Gasteiger partial charge in [-0.3, -0.25) is 9.78 Å². The number of likely N-dealkylation sites (tertiary alicyclic amines) is 1. The Morgan fingerprint density at radius 2 is 1.97 bits per heavy atom. The fourth-order valence-electron chi connectivity index (χ4n) is 3.89. The number of ether oxygens (including phenoxy) is 2. The summed E-state index contributed by atoms with van der Waals surface area (Å²) in [7, 11) is 0. The zero-order chi connectivity index (χ0) is 23.4. The Morgan fingerprint density at radius 1 is 1.31 bits per heavy atom. The molecule has 7 nitrogen and oxygen atoms in total. The number of aryl methyl sites for hydroxylation is 1. The zero-order valence-corrected chi connectivity index (χ0v) is 18.6. The summed E-state index contributed by atoms with van der Waals surface area (Å²) in [5.41, 5.74) is 1.63. The van der Waals surface area contributed by atoms with E-state index in [1.54, 1.807) is 6.20 Å². The minimum Gasteiger partial charge on any atom is -0.475 e. The third-order valence-corrected chi connectivity index (χ3v) is 7.31. The Kier molecular flexibility index (Phi) is 8.05. The number of halogens is 3. The van der Waals surface area contributed by atoms with Crippen LogP contribution in [0.3, 0.4) is 0 Å². The van der Waals surface area contributed by atoms with Gasteiger partial charge in [-0.15, -0.1) is 11.8 Å². The summed E-state index contributed by atoms with van der Waals surface area (Å²) in [6.07, 6.45) is 0.253. The van der Waals surface area contributed by atoms with E-state index in [2.05, 4.69) is 4.98 Å². The SMILES string of the molecule is Cc1ccc(C(=O)N2CC3(CC(OCC4CCOCC4)CS3)C2)cn1.O=C(O)C(F)(F)F. The largest absolute Gasteiger partial charge is 0.490 e. The molecule has 0 aliphatic carbocycles. The number of pyridine rings is 1. The summed E-state index contributed by atoms with van der Waals surface area (Å²) in [4.78, 5) is 27.6. The van der Waals surface area contributed by atoms with Crippen LogP contribution in [0.1, 0.15) is 35.3 Å². The second-order valence-corrected chi connectivity index (χ2v) is 9.85. The molecule has 3 fully saturated rings. The molecule has 1 aromatic rings. The molecule has 1 amide bonds. The first-order chi connectivity index (χ1) is 15.1. The van der Waals surface area contributed by atoms with Crippen LogP contribution in [0.4, 0.5) is 13.2 Å². The third-order valence-electron chi connectivity index (χ3n) is 5.73. The second-order valence-electron chi connectivity index (χ2n) is 8.36. The molecule has 4 rings (SSSR count). The van der Waals surface area contributed by atoms with Crippen molar-refractivity contribution >= 4 is 23.6 Å². The predicted octanol–water partition coefficient (Wildman–Crippen LogP) is 3.17. The van der Waals surface area contributed by atoms with Crippen molar-refractivity contribution in [3.05, 3.63) is 29.6 Å². The minimum absolute atomic E-state index is 0.102. The van der Waals surface area contributed by atoms with E-state index in [-0.39, 0.29) is 10.7 Å². The lowest BCUT2D eigenvalue weighted by Crippen LogP contribution is -2.60. The number of rotatable bonds is 4. The molecule has 1 aromatic heterocycles. The molecule has 1 unspecified atom stereocenters. The molecule has 4 heterocycles. The van der Waals surface area contributed by atoms with Gasteiger partial charge in [0.25, 0.3) is 5.91 Å². The van der Waals surface area contributed by atoms with Crippen molar-refractivity contribution < 1.29 is 37.3 Å². The molecule has 1 N–H and O–H groups in total. The van der Waals surface area contributed by atoms with E-state index in [0.29, 0.717) is 17.6 Å². The first kappa shape index (κ1) is 24.8. The fraction of sp³-hybridized carbons (Fsp3) is 0.667. The third kappa shape index (κ3) is 6.58. The average molecular weight is 477 g/mol. The maximum absolute atomic E-state index is 12.5. The van der Waals surface area contributed by atoms with E-state index in [1.807, 2.05) is 35.7 Å². The van der Waals surface area contributed by atoms with Gasteiger partial charge in [0.05, 0.1) is 16.4 Å². The number of hydrogen-bond donors (Lipinski definition) is 1. The minimum atomic E-state index is -5.08. The van der Waals surface area contributed by atoms with Gasteiger partial charge >= 0.3 is 12.1 Å². The topological polar surface area (TPSA) is 89.0 Å². The van der Waals surface area contributed by atoms with Crippen LogP contribution in [0.5, 0.6) is 0 Å². The molecule has 0 radical (unpaired) electrons. The zero-order valence-electron chi connectivity index (χ0n) is 17.8. The van der Waals surface area contributed by atoms with Crippen LogP contribution < -0.4 is 0 Å². The molecule has 3 aliphatic rings. The van der Waals surface area contributed by atoms with Gasteiger partial charge in [-0.2, -0.15) is 13.2 Å². The van der Waals surface area contributed by atoms with E-state index < -0.39 is 12.1 Å². The fourth-order valence-corrected chi connectivity index (χ4v) is 5.44. The Morgan fingerprint density at radius 3 is 2.53 bits per heavy atom. The molecular weight excluding hydrogens is 449 g/mol. The van der Waals surface area contributed by atoms with Crippen molar-refractivity contribution in [2.75, 3.05) is 38.7 Å². The monoisotopic (exact) mass is 476 g/mol. The Hall–Kier alpha value is -1.85. The van der Waals surface area contributed by atoms with Gasteiger partial charge < -0.3 is 19.5 Å². The number of hydrogen-bond acceptors (Lipinski definition) is 6. The van der Waals surface area contributed by atoms with Crippen LogP contribution in [0.2, 0.25) is 0 Å². The first-order valence-corrected chi connectivity index (χ1v) is 11.4. The van der Waals surface area contributed by atoms with Gasteiger partial charge in [0.1, 0.15) is 0 Å². The van der Waals surface area contributed by atoms with Crippen molar-refractivity contribution in [1.29, 1.82) is 0 Å². The summed E-state index contributed by atoms with van der Waals surface area (Å²) >= 11 is 1.99. The number of alkyl halides is 3. The highest BCUT2D eigenvalue weighted by Crippen LogP contribution is 2.46. The highest BCUT2D eigenvalue weighted by Gasteiger charge is 2.51.